The molecule has 2 aliphatic heterocycles. The highest BCUT2D eigenvalue weighted by molar-refractivity contribution is 5.74. The third kappa shape index (κ3) is 4.00. The number of nitrogens with one attached hydrogen (secondary N) is 1. The minimum Gasteiger partial charge on any atom is -0.454 e. The van der Waals surface area contributed by atoms with E-state index < -0.39 is 0 Å². The van der Waals surface area contributed by atoms with Crippen LogP contribution in [0.25, 0.3) is 0 Å². The lowest BCUT2D eigenvalue weighted by Gasteiger charge is -2.36. The largest absolute Gasteiger partial charge is 0.454 e. The number of hydrogen-bond donors (Lipinski definition) is 1. The monoisotopic (exact) mass is 345 g/mol. The number of urea groups is 1. The lowest BCUT2D eigenvalue weighted by atomic mass is 9.96. The van der Waals surface area contributed by atoms with Gasteiger partial charge in [0.1, 0.15) is 0 Å². The molecule has 1 aromatic rings. The molecule has 6 nitrogen and oxygen atoms in total. The lowest BCUT2D eigenvalue weighted by molar-refractivity contribution is 0.132. The van der Waals surface area contributed by atoms with E-state index >= 15 is 0 Å². The molecular formula is C19H27N3O3. The smallest absolute Gasteiger partial charge is 0.317 e. The summed E-state index contributed by atoms with van der Waals surface area (Å²) >= 11 is 0. The number of ether oxygens (including phenoxy) is 2. The summed E-state index contributed by atoms with van der Waals surface area (Å²) in [6, 6.07) is 6.63. The summed E-state index contributed by atoms with van der Waals surface area (Å²) in [5.74, 6) is 1.66. The zero-order valence-electron chi connectivity index (χ0n) is 14.7. The van der Waals surface area contributed by atoms with Gasteiger partial charge in [0.15, 0.2) is 11.5 Å². The topological polar surface area (TPSA) is 54.0 Å². The molecule has 4 rings (SSSR count). The Hall–Kier alpha value is -1.95. The number of carbonyl (C=O) groups is 1. The van der Waals surface area contributed by atoms with Crippen molar-refractivity contribution in [3.05, 3.63) is 23.8 Å². The third-order valence-electron chi connectivity index (χ3n) is 5.44. The van der Waals surface area contributed by atoms with Crippen molar-refractivity contribution in [2.24, 2.45) is 0 Å². The van der Waals surface area contributed by atoms with E-state index in [4.69, 9.17) is 9.47 Å². The van der Waals surface area contributed by atoms with Crippen LogP contribution < -0.4 is 14.8 Å². The first-order chi connectivity index (χ1) is 12.3. The maximum Gasteiger partial charge on any atom is 0.317 e. The van der Waals surface area contributed by atoms with Gasteiger partial charge in [-0.05, 0) is 30.5 Å². The van der Waals surface area contributed by atoms with E-state index in [1.807, 2.05) is 11.0 Å². The van der Waals surface area contributed by atoms with Crippen molar-refractivity contribution in [2.75, 3.05) is 33.0 Å². The summed E-state index contributed by atoms with van der Waals surface area (Å²) in [5, 5.41) is 3.22. The van der Waals surface area contributed by atoms with Gasteiger partial charge < -0.3 is 19.7 Å². The van der Waals surface area contributed by atoms with Gasteiger partial charge in [-0.3, -0.25) is 4.90 Å². The molecule has 2 amide bonds. The lowest BCUT2D eigenvalue weighted by Crippen LogP contribution is -2.53. The van der Waals surface area contributed by atoms with Crippen LogP contribution in [0.3, 0.4) is 0 Å². The van der Waals surface area contributed by atoms with Crippen molar-refractivity contribution in [1.82, 2.24) is 15.1 Å². The number of piperazine rings is 1. The Labute approximate surface area is 149 Å². The summed E-state index contributed by atoms with van der Waals surface area (Å²) in [6.07, 6.45) is 6.07. The van der Waals surface area contributed by atoms with E-state index in [1.54, 1.807) is 0 Å². The van der Waals surface area contributed by atoms with Gasteiger partial charge in [-0.1, -0.05) is 25.3 Å². The second-order valence-corrected chi connectivity index (χ2v) is 7.24. The van der Waals surface area contributed by atoms with Crippen LogP contribution in [0.4, 0.5) is 4.79 Å². The second-order valence-electron chi connectivity index (χ2n) is 7.24. The molecule has 0 spiro atoms. The molecule has 0 radical (unpaired) electrons. The Morgan fingerprint density at radius 1 is 1.04 bits per heavy atom. The maximum absolute atomic E-state index is 12.4. The molecule has 1 N–H and O–H groups in total. The van der Waals surface area contributed by atoms with Gasteiger partial charge in [0.2, 0.25) is 6.79 Å². The molecule has 3 aliphatic rings. The average molecular weight is 345 g/mol. The number of amides is 2. The SMILES string of the molecule is O=C(NC1CCCCC1)N1CCN(Cc2ccc3c(c2)OCO3)CC1. The Morgan fingerprint density at radius 2 is 1.80 bits per heavy atom. The Kier molecular flexibility index (Phi) is 4.97. The highest BCUT2D eigenvalue weighted by Gasteiger charge is 2.24. The van der Waals surface area contributed by atoms with Crippen molar-refractivity contribution in [1.29, 1.82) is 0 Å². The highest BCUT2D eigenvalue weighted by atomic mass is 16.7. The van der Waals surface area contributed by atoms with Crippen LogP contribution in [0.1, 0.15) is 37.7 Å². The minimum absolute atomic E-state index is 0.120. The van der Waals surface area contributed by atoms with Gasteiger partial charge in [-0.15, -0.1) is 0 Å². The van der Waals surface area contributed by atoms with Gasteiger partial charge in [0.25, 0.3) is 0 Å². The van der Waals surface area contributed by atoms with Crippen LogP contribution in [-0.2, 0) is 6.54 Å². The number of nitrogens with zero attached hydrogens (tertiary/aromatic N) is 2. The standard InChI is InChI=1S/C19H27N3O3/c23-19(20-16-4-2-1-3-5-16)22-10-8-21(9-11-22)13-15-6-7-17-18(12-15)25-14-24-17/h6-7,12,16H,1-5,8-11,13-14H2,(H,20,23). The minimum atomic E-state index is 0.120. The summed E-state index contributed by atoms with van der Waals surface area (Å²) in [7, 11) is 0. The van der Waals surface area contributed by atoms with Crippen molar-refractivity contribution in [2.45, 2.75) is 44.7 Å². The van der Waals surface area contributed by atoms with Gasteiger partial charge in [0, 0.05) is 38.8 Å². The average Bonchev–Trinajstić information content (AvgIpc) is 3.11. The fourth-order valence-electron chi connectivity index (χ4n) is 3.92. The van der Waals surface area contributed by atoms with Crippen molar-refractivity contribution < 1.29 is 14.3 Å². The highest BCUT2D eigenvalue weighted by Crippen LogP contribution is 2.32. The third-order valence-corrected chi connectivity index (χ3v) is 5.44. The second kappa shape index (κ2) is 7.52. The zero-order valence-corrected chi connectivity index (χ0v) is 14.7. The number of fused-ring (bicyclic) bond motifs is 1. The normalized spacial score (nSPS) is 21.4. The van der Waals surface area contributed by atoms with Crippen LogP contribution in [0.5, 0.6) is 11.5 Å². The Balaban J connectivity index is 1.24. The van der Waals surface area contributed by atoms with Gasteiger partial charge in [0.05, 0.1) is 0 Å². The molecule has 0 atom stereocenters. The summed E-state index contributed by atoms with van der Waals surface area (Å²) in [6.45, 7) is 4.60. The van der Waals surface area contributed by atoms with Gasteiger partial charge in [-0.2, -0.15) is 0 Å². The first kappa shape index (κ1) is 16.5. The summed E-state index contributed by atoms with van der Waals surface area (Å²) in [5.41, 5.74) is 1.23. The number of benzene rings is 1. The van der Waals surface area contributed by atoms with Crippen LogP contribution in [0.15, 0.2) is 18.2 Å². The van der Waals surface area contributed by atoms with Crippen LogP contribution in [0.2, 0.25) is 0 Å². The summed E-state index contributed by atoms with van der Waals surface area (Å²) in [4.78, 5) is 16.8. The number of rotatable bonds is 3. The molecule has 0 aromatic heterocycles. The summed E-state index contributed by atoms with van der Waals surface area (Å²) < 4.78 is 10.8. The van der Waals surface area contributed by atoms with E-state index in [0.29, 0.717) is 12.8 Å². The van der Waals surface area contributed by atoms with Crippen LogP contribution in [0, 0.1) is 0 Å². The van der Waals surface area contributed by atoms with Crippen molar-refractivity contribution in [3.63, 3.8) is 0 Å². The van der Waals surface area contributed by atoms with E-state index in [1.165, 1.54) is 24.8 Å². The van der Waals surface area contributed by atoms with Gasteiger partial charge in [-0.25, -0.2) is 4.79 Å². The molecule has 136 valence electrons. The molecule has 2 fully saturated rings. The predicted molar refractivity (Wildman–Crippen MR) is 94.8 cm³/mol. The first-order valence-corrected chi connectivity index (χ1v) is 9.44. The Bertz CT molecular complexity index is 608. The van der Waals surface area contributed by atoms with E-state index in [0.717, 1.165) is 57.1 Å². The van der Waals surface area contributed by atoms with Crippen LogP contribution >= 0.6 is 0 Å². The molecule has 1 aliphatic carbocycles. The molecular weight excluding hydrogens is 318 g/mol. The van der Waals surface area contributed by atoms with E-state index in [9.17, 15) is 4.79 Å². The molecule has 1 saturated carbocycles. The van der Waals surface area contributed by atoms with Gasteiger partial charge >= 0.3 is 6.03 Å². The van der Waals surface area contributed by atoms with Crippen molar-refractivity contribution in [3.8, 4) is 11.5 Å². The molecule has 25 heavy (non-hydrogen) atoms. The fourth-order valence-corrected chi connectivity index (χ4v) is 3.92. The zero-order chi connectivity index (χ0) is 17.1. The van der Waals surface area contributed by atoms with Crippen LogP contribution in [-0.4, -0.2) is 54.8 Å². The maximum atomic E-state index is 12.4. The van der Waals surface area contributed by atoms with Crippen molar-refractivity contribution >= 4 is 6.03 Å². The Morgan fingerprint density at radius 3 is 2.60 bits per heavy atom. The molecule has 1 saturated heterocycles. The molecule has 2 heterocycles. The molecule has 1 aromatic carbocycles. The molecule has 6 heteroatoms. The van der Waals surface area contributed by atoms with E-state index in [2.05, 4.69) is 22.3 Å². The van der Waals surface area contributed by atoms with E-state index in [-0.39, 0.29) is 6.03 Å². The molecule has 0 bridgehead atoms. The quantitative estimate of drug-likeness (QED) is 0.915. The predicted octanol–water partition coefficient (Wildman–Crippen LogP) is 2.58. The molecule has 0 unspecified atom stereocenters. The first-order valence-electron chi connectivity index (χ1n) is 9.44. The number of hydrogen-bond acceptors (Lipinski definition) is 4. The number of carbonyl (C=O) groups excluding carboxylic acids is 1. The fraction of sp³-hybridized carbons (Fsp3) is 0.632.